The second-order valence-electron chi connectivity index (χ2n) is 5.73. The second kappa shape index (κ2) is 5.30. The molecule has 0 aliphatic rings. The average molecular weight is 315 g/mol. The van der Waals surface area contributed by atoms with E-state index >= 15 is 0 Å². The van der Waals surface area contributed by atoms with E-state index in [1.165, 1.54) is 0 Å². The van der Waals surface area contributed by atoms with E-state index in [9.17, 15) is 13.2 Å². The molecule has 0 bridgehead atoms. The Labute approximate surface area is 126 Å². The zero-order valence-corrected chi connectivity index (χ0v) is 12.5. The molecule has 0 aliphatic carbocycles. The van der Waals surface area contributed by atoms with E-state index in [-0.39, 0.29) is 11.1 Å². The Morgan fingerprint density at radius 3 is 2.00 bits per heavy atom. The van der Waals surface area contributed by atoms with Crippen LogP contribution in [0.5, 0.6) is 0 Å². The molecule has 0 spiro atoms. The van der Waals surface area contributed by atoms with Crippen molar-refractivity contribution in [2.24, 2.45) is 0 Å². The van der Waals surface area contributed by atoms with Crippen LogP contribution in [0.2, 0.25) is 5.28 Å². The lowest BCUT2D eigenvalue weighted by Crippen LogP contribution is -2.11. The smallest absolute Gasteiger partial charge is 0.218 e. The van der Waals surface area contributed by atoms with Crippen molar-refractivity contribution in [3.05, 3.63) is 46.9 Å². The Bertz CT molecular complexity index is 643. The Balaban J connectivity index is 2.45. The van der Waals surface area contributed by atoms with Crippen LogP contribution < -0.4 is 0 Å². The molecule has 1 aromatic heterocycles. The highest BCUT2D eigenvalue weighted by molar-refractivity contribution is 6.28. The summed E-state index contributed by atoms with van der Waals surface area (Å²) in [6.45, 7) is 6.18. The van der Waals surface area contributed by atoms with Gasteiger partial charge in [-0.3, -0.25) is 0 Å². The van der Waals surface area contributed by atoms with E-state index in [0.29, 0.717) is 5.56 Å². The van der Waals surface area contributed by atoms with Gasteiger partial charge in [0.2, 0.25) is 5.28 Å². The number of rotatable bonds is 1. The highest BCUT2D eigenvalue weighted by Crippen LogP contribution is 2.31. The quantitative estimate of drug-likeness (QED) is 0.683. The van der Waals surface area contributed by atoms with Gasteiger partial charge in [0.15, 0.2) is 0 Å². The zero-order valence-electron chi connectivity index (χ0n) is 11.8. The van der Waals surface area contributed by atoms with Gasteiger partial charge in [0.25, 0.3) is 0 Å². The summed E-state index contributed by atoms with van der Waals surface area (Å²) in [5, 5.41) is -0.417. The fourth-order valence-electron chi connectivity index (χ4n) is 1.85. The molecular weight excluding hydrogens is 301 g/mol. The largest absolute Gasteiger partial charge is 0.433 e. The summed E-state index contributed by atoms with van der Waals surface area (Å²) in [4.78, 5) is 7.08. The van der Waals surface area contributed by atoms with Crippen LogP contribution in [0.4, 0.5) is 13.2 Å². The van der Waals surface area contributed by atoms with Crippen molar-refractivity contribution in [1.29, 1.82) is 0 Å². The summed E-state index contributed by atoms with van der Waals surface area (Å²) >= 11 is 5.59. The van der Waals surface area contributed by atoms with Gasteiger partial charge in [0.05, 0.1) is 5.69 Å². The number of hydrogen-bond acceptors (Lipinski definition) is 2. The molecular formula is C15H14ClF3N2. The standard InChI is InChI=1S/C15H14ClF3N2/c1-14(2,3)10-6-4-9(5-7-10)11-8-12(15(17,18)19)21-13(16)20-11/h4-8H,1-3H3. The van der Waals surface area contributed by atoms with Gasteiger partial charge < -0.3 is 0 Å². The number of nitrogens with zero attached hydrogens (tertiary/aromatic N) is 2. The van der Waals surface area contributed by atoms with Crippen LogP contribution in [-0.4, -0.2) is 9.97 Å². The molecule has 1 aromatic carbocycles. The maximum atomic E-state index is 12.7. The molecule has 0 aliphatic heterocycles. The van der Waals surface area contributed by atoms with E-state index in [0.717, 1.165) is 11.6 Å². The number of benzene rings is 1. The van der Waals surface area contributed by atoms with E-state index in [2.05, 4.69) is 30.7 Å². The van der Waals surface area contributed by atoms with Gasteiger partial charge in [-0.1, -0.05) is 45.0 Å². The third kappa shape index (κ3) is 3.73. The fraction of sp³-hybridized carbons (Fsp3) is 0.333. The minimum Gasteiger partial charge on any atom is -0.218 e. The number of alkyl halides is 3. The lowest BCUT2D eigenvalue weighted by atomic mass is 9.86. The van der Waals surface area contributed by atoms with Crippen LogP contribution in [0.15, 0.2) is 30.3 Å². The molecule has 2 rings (SSSR count). The normalized spacial score (nSPS) is 12.5. The Kier molecular flexibility index (Phi) is 3.97. The number of hydrogen-bond donors (Lipinski definition) is 0. The first-order valence-electron chi connectivity index (χ1n) is 6.30. The second-order valence-corrected chi connectivity index (χ2v) is 6.07. The first-order valence-corrected chi connectivity index (χ1v) is 6.68. The van der Waals surface area contributed by atoms with Crippen molar-refractivity contribution in [3.8, 4) is 11.3 Å². The molecule has 2 aromatic rings. The summed E-state index contributed by atoms with van der Waals surface area (Å²) in [5.41, 5.74) is 0.735. The predicted octanol–water partition coefficient (Wildman–Crippen LogP) is 5.11. The van der Waals surface area contributed by atoms with Gasteiger partial charge in [-0.05, 0) is 28.6 Å². The third-order valence-corrected chi connectivity index (χ3v) is 3.21. The minimum absolute atomic E-state index is 0.0288. The molecule has 6 heteroatoms. The summed E-state index contributed by atoms with van der Waals surface area (Å²) in [6, 6.07) is 8.12. The molecule has 0 saturated heterocycles. The van der Waals surface area contributed by atoms with Gasteiger partial charge in [0, 0.05) is 5.56 Å². The molecule has 0 saturated carbocycles. The van der Waals surface area contributed by atoms with Gasteiger partial charge in [-0.25, -0.2) is 9.97 Å². The molecule has 0 N–H and O–H groups in total. The van der Waals surface area contributed by atoms with Crippen molar-refractivity contribution < 1.29 is 13.2 Å². The lowest BCUT2D eigenvalue weighted by Gasteiger charge is -2.19. The molecule has 0 amide bonds. The summed E-state index contributed by atoms with van der Waals surface area (Å²) in [5.74, 6) is 0. The predicted molar refractivity (Wildman–Crippen MR) is 76.2 cm³/mol. The van der Waals surface area contributed by atoms with Crippen molar-refractivity contribution in [3.63, 3.8) is 0 Å². The minimum atomic E-state index is -4.55. The van der Waals surface area contributed by atoms with Crippen LogP contribution in [0.1, 0.15) is 32.0 Å². The van der Waals surface area contributed by atoms with E-state index < -0.39 is 17.2 Å². The van der Waals surface area contributed by atoms with Gasteiger partial charge in [0.1, 0.15) is 5.69 Å². The van der Waals surface area contributed by atoms with Crippen molar-refractivity contribution in [2.45, 2.75) is 32.4 Å². The van der Waals surface area contributed by atoms with Gasteiger partial charge in [-0.15, -0.1) is 0 Å². The average Bonchev–Trinajstić information content (AvgIpc) is 2.36. The highest BCUT2D eigenvalue weighted by Gasteiger charge is 2.33. The van der Waals surface area contributed by atoms with Crippen LogP contribution in [-0.2, 0) is 11.6 Å². The molecule has 1 heterocycles. The van der Waals surface area contributed by atoms with Gasteiger partial charge >= 0.3 is 6.18 Å². The van der Waals surface area contributed by atoms with E-state index in [1.54, 1.807) is 12.1 Å². The Morgan fingerprint density at radius 1 is 0.952 bits per heavy atom. The van der Waals surface area contributed by atoms with E-state index in [1.807, 2.05) is 12.1 Å². The molecule has 0 atom stereocenters. The summed E-state index contributed by atoms with van der Waals surface area (Å²) in [6.07, 6.45) is -4.55. The summed E-state index contributed by atoms with van der Waals surface area (Å²) in [7, 11) is 0. The molecule has 0 unspecified atom stereocenters. The van der Waals surface area contributed by atoms with Crippen molar-refractivity contribution >= 4 is 11.6 Å². The maximum absolute atomic E-state index is 12.7. The first kappa shape index (κ1) is 15.8. The maximum Gasteiger partial charge on any atom is 0.433 e. The van der Waals surface area contributed by atoms with Crippen LogP contribution in [0.25, 0.3) is 11.3 Å². The fourth-order valence-corrected chi connectivity index (χ4v) is 2.03. The Morgan fingerprint density at radius 2 is 1.52 bits per heavy atom. The Hall–Kier alpha value is -1.62. The van der Waals surface area contributed by atoms with Crippen LogP contribution in [0.3, 0.4) is 0 Å². The number of aromatic nitrogens is 2. The molecule has 0 fully saturated rings. The van der Waals surface area contributed by atoms with E-state index in [4.69, 9.17) is 11.6 Å². The lowest BCUT2D eigenvalue weighted by molar-refractivity contribution is -0.141. The zero-order chi connectivity index (χ0) is 15.8. The monoisotopic (exact) mass is 314 g/mol. The van der Waals surface area contributed by atoms with Crippen LogP contribution >= 0.6 is 11.6 Å². The van der Waals surface area contributed by atoms with Crippen molar-refractivity contribution in [1.82, 2.24) is 9.97 Å². The molecule has 2 nitrogen and oxygen atoms in total. The highest BCUT2D eigenvalue weighted by atomic mass is 35.5. The third-order valence-electron chi connectivity index (χ3n) is 3.04. The van der Waals surface area contributed by atoms with Crippen molar-refractivity contribution in [2.75, 3.05) is 0 Å². The van der Waals surface area contributed by atoms with Gasteiger partial charge in [-0.2, -0.15) is 13.2 Å². The topological polar surface area (TPSA) is 25.8 Å². The molecule has 21 heavy (non-hydrogen) atoms. The first-order chi connectivity index (χ1) is 9.57. The SMILES string of the molecule is CC(C)(C)c1ccc(-c2cc(C(F)(F)F)nc(Cl)n2)cc1. The molecule has 112 valence electrons. The molecule has 0 radical (unpaired) electrons. The van der Waals surface area contributed by atoms with Crippen LogP contribution in [0, 0.1) is 0 Å². The summed E-state index contributed by atoms with van der Waals surface area (Å²) < 4.78 is 38.2. The number of halogens is 4.